The molecule has 0 spiro atoms. The van der Waals surface area contributed by atoms with Crippen LogP contribution in [0.5, 0.6) is 0 Å². The second-order valence-corrected chi connectivity index (χ2v) is 8.82. The van der Waals surface area contributed by atoms with E-state index < -0.39 is 10.0 Å². The maximum absolute atomic E-state index is 12.6. The number of sulfonamides is 1. The molecule has 0 heterocycles. The minimum Gasteiger partial charge on any atom is -0.372 e. The van der Waals surface area contributed by atoms with E-state index in [-0.39, 0.29) is 17.3 Å². The second-order valence-electron chi connectivity index (χ2n) is 7.05. The third-order valence-corrected chi connectivity index (χ3v) is 6.02. The zero-order chi connectivity index (χ0) is 22.1. The molecule has 0 saturated carbocycles. The Morgan fingerprint density at radius 3 is 2.19 bits per heavy atom. The van der Waals surface area contributed by atoms with Gasteiger partial charge in [0, 0.05) is 18.7 Å². The Morgan fingerprint density at radius 2 is 1.48 bits per heavy atom. The number of hydrogen-bond donors (Lipinski definition) is 2. The number of ether oxygens (including phenoxy) is 1. The molecule has 0 fully saturated rings. The van der Waals surface area contributed by atoms with Gasteiger partial charge in [0.1, 0.15) is 0 Å². The van der Waals surface area contributed by atoms with E-state index in [2.05, 4.69) is 10.0 Å². The van der Waals surface area contributed by atoms with Gasteiger partial charge in [0.05, 0.1) is 18.1 Å². The summed E-state index contributed by atoms with van der Waals surface area (Å²) in [5, 5.41) is 2.70. The molecular formula is C24H26N2O4S. The molecule has 0 bridgehead atoms. The van der Waals surface area contributed by atoms with Crippen molar-refractivity contribution in [2.45, 2.75) is 38.0 Å². The number of nitrogens with one attached hydrogen (secondary N) is 2. The van der Waals surface area contributed by atoms with Gasteiger partial charge in [-0.05, 0) is 41.0 Å². The van der Waals surface area contributed by atoms with Crippen molar-refractivity contribution in [1.82, 2.24) is 4.72 Å². The van der Waals surface area contributed by atoms with E-state index in [1.165, 1.54) is 12.1 Å². The smallest absolute Gasteiger partial charge is 0.240 e. The fourth-order valence-electron chi connectivity index (χ4n) is 2.92. The van der Waals surface area contributed by atoms with Crippen molar-refractivity contribution >= 4 is 21.6 Å². The van der Waals surface area contributed by atoms with E-state index >= 15 is 0 Å². The molecule has 0 aromatic heterocycles. The lowest BCUT2D eigenvalue weighted by Gasteiger charge is -2.10. The normalized spacial score (nSPS) is 11.3. The first kappa shape index (κ1) is 22.7. The average Bonchev–Trinajstić information content (AvgIpc) is 2.79. The molecule has 0 atom stereocenters. The third-order valence-electron chi connectivity index (χ3n) is 4.61. The van der Waals surface area contributed by atoms with E-state index in [0.29, 0.717) is 25.3 Å². The van der Waals surface area contributed by atoms with Crippen molar-refractivity contribution < 1.29 is 17.9 Å². The number of rotatable bonds is 10. The van der Waals surface area contributed by atoms with Gasteiger partial charge in [-0.3, -0.25) is 4.79 Å². The van der Waals surface area contributed by atoms with Crippen LogP contribution in [0.15, 0.2) is 83.8 Å². The molecule has 162 valence electrons. The first-order chi connectivity index (χ1) is 15.0. The molecule has 0 aliphatic heterocycles. The van der Waals surface area contributed by atoms with Gasteiger partial charge in [0.2, 0.25) is 15.9 Å². The number of amides is 1. The third kappa shape index (κ3) is 7.03. The predicted molar refractivity (Wildman–Crippen MR) is 121 cm³/mol. The highest BCUT2D eigenvalue weighted by atomic mass is 32.2. The molecule has 0 aliphatic rings. The number of anilines is 1. The largest absolute Gasteiger partial charge is 0.372 e. The van der Waals surface area contributed by atoms with Crippen LogP contribution in [0.2, 0.25) is 0 Å². The Balaban J connectivity index is 1.55. The Kier molecular flexibility index (Phi) is 7.94. The Labute approximate surface area is 183 Å². The van der Waals surface area contributed by atoms with Gasteiger partial charge in [-0.15, -0.1) is 0 Å². The highest BCUT2D eigenvalue weighted by Crippen LogP contribution is 2.15. The highest BCUT2D eigenvalue weighted by molar-refractivity contribution is 7.89. The van der Waals surface area contributed by atoms with Crippen LogP contribution in [-0.2, 0) is 39.3 Å². The van der Waals surface area contributed by atoms with Crippen LogP contribution in [0.3, 0.4) is 0 Å². The predicted octanol–water partition coefficient (Wildman–Crippen LogP) is 4.23. The summed E-state index contributed by atoms with van der Waals surface area (Å²) in [5.74, 6) is -0.124. The summed E-state index contributed by atoms with van der Waals surface area (Å²) in [4.78, 5) is 11.6. The van der Waals surface area contributed by atoms with Gasteiger partial charge >= 0.3 is 0 Å². The Hall–Kier alpha value is -3.00. The lowest BCUT2D eigenvalue weighted by atomic mass is 10.1. The minimum atomic E-state index is -3.67. The van der Waals surface area contributed by atoms with Gasteiger partial charge in [-0.2, -0.15) is 0 Å². The van der Waals surface area contributed by atoms with Crippen LogP contribution in [0.25, 0.3) is 0 Å². The fourth-order valence-corrected chi connectivity index (χ4v) is 3.94. The molecule has 31 heavy (non-hydrogen) atoms. The summed E-state index contributed by atoms with van der Waals surface area (Å²) in [7, 11) is -3.67. The molecule has 2 N–H and O–H groups in total. The quantitative estimate of drug-likeness (QED) is 0.496. The van der Waals surface area contributed by atoms with Crippen molar-refractivity contribution in [2.75, 3.05) is 5.32 Å². The minimum absolute atomic E-state index is 0.124. The maximum atomic E-state index is 12.6. The molecule has 3 aromatic rings. The zero-order valence-electron chi connectivity index (χ0n) is 17.4. The summed E-state index contributed by atoms with van der Waals surface area (Å²) in [6.45, 7) is 2.89. The van der Waals surface area contributed by atoms with Gasteiger partial charge < -0.3 is 10.1 Å². The summed E-state index contributed by atoms with van der Waals surface area (Å²) in [5.41, 5.74) is 3.49. The van der Waals surface area contributed by atoms with Gasteiger partial charge in [0.25, 0.3) is 0 Å². The maximum Gasteiger partial charge on any atom is 0.240 e. The van der Waals surface area contributed by atoms with Crippen molar-refractivity contribution in [1.29, 1.82) is 0 Å². The SMILES string of the molecule is CCC(=O)Nc1ccc(S(=O)(=O)NCc2cccc(COCc3ccccc3)c2)cc1. The van der Waals surface area contributed by atoms with Gasteiger partial charge in [0.15, 0.2) is 0 Å². The molecule has 6 nitrogen and oxygen atoms in total. The number of carbonyl (C=O) groups is 1. The monoisotopic (exact) mass is 438 g/mol. The van der Waals surface area contributed by atoms with Crippen LogP contribution >= 0.6 is 0 Å². The van der Waals surface area contributed by atoms with Crippen molar-refractivity contribution in [2.24, 2.45) is 0 Å². The molecule has 0 aliphatic carbocycles. The topological polar surface area (TPSA) is 84.5 Å². The Morgan fingerprint density at radius 1 is 0.839 bits per heavy atom. The van der Waals surface area contributed by atoms with Gasteiger partial charge in [-0.25, -0.2) is 13.1 Å². The van der Waals surface area contributed by atoms with E-state index in [1.807, 2.05) is 54.6 Å². The van der Waals surface area contributed by atoms with Crippen molar-refractivity contribution in [3.8, 4) is 0 Å². The van der Waals surface area contributed by atoms with Crippen LogP contribution in [0.4, 0.5) is 5.69 Å². The van der Waals surface area contributed by atoms with E-state index in [9.17, 15) is 13.2 Å². The zero-order valence-corrected chi connectivity index (χ0v) is 18.2. The number of hydrogen-bond acceptors (Lipinski definition) is 4. The van der Waals surface area contributed by atoms with E-state index in [4.69, 9.17) is 4.74 Å². The fraction of sp³-hybridized carbons (Fsp3) is 0.208. The van der Waals surface area contributed by atoms with Crippen LogP contribution in [0.1, 0.15) is 30.0 Å². The molecule has 1 amide bonds. The first-order valence-corrected chi connectivity index (χ1v) is 11.5. The molecule has 7 heteroatoms. The van der Waals surface area contributed by atoms with Crippen LogP contribution < -0.4 is 10.0 Å². The lowest BCUT2D eigenvalue weighted by Crippen LogP contribution is -2.23. The van der Waals surface area contributed by atoms with E-state index in [1.54, 1.807) is 19.1 Å². The van der Waals surface area contributed by atoms with Crippen molar-refractivity contribution in [3.05, 3.63) is 95.6 Å². The number of carbonyl (C=O) groups excluding carboxylic acids is 1. The lowest BCUT2D eigenvalue weighted by molar-refractivity contribution is -0.115. The summed E-state index contributed by atoms with van der Waals surface area (Å²) in [6, 6.07) is 23.7. The second kappa shape index (κ2) is 10.9. The summed E-state index contributed by atoms with van der Waals surface area (Å²) in [6.07, 6.45) is 0.359. The Bertz CT molecular complexity index is 1100. The summed E-state index contributed by atoms with van der Waals surface area (Å²) >= 11 is 0. The van der Waals surface area contributed by atoms with Crippen LogP contribution in [0, 0.1) is 0 Å². The summed E-state index contributed by atoms with van der Waals surface area (Å²) < 4.78 is 33.5. The van der Waals surface area contributed by atoms with Crippen molar-refractivity contribution in [3.63, 3.8) is 0 Å². The molecule has 0 radical (unpaired) electrons. The molecular weight excluding hydrogens is 412 g/mol. The van der Waals surface area contributed by atoms with Crippen LogP contribution in [-0.4, -0.2) is 14.3 Å². The molecule has 3 rings (SSSR count). The highest BCUT2D eigenvalue weighted by Gasteiger charge is 2.14. The average molecular weight is 439 g/mol. The molecule has 0 unspecified atom stereocenters. The molecule has 3 aromatic carbocycles. The van der Waals surface area contributed by atoms with E-state index in [0.717, 1.165) is 16.7 Å². The first-order valence-electron chi connectivity index (χ1n) is 10.1. The standard InChI is InChI=1S/C24H26N2O4S/c1-2-24(27)26-22-11-13-23(14-12-22)31(28,29)25-16-20-9-6-10-21(15-20)18-30-17-19-7-4-3-5-8-19/h3-15,25H,2,16-18H2,1H3,(H,26,27). The van der Waals surface area contributed by atoms with Gasteiger partial charge in [-0.1, -0.05) is 61.5 Å². The number of benzene rings is 3. The molecule has 0 saturated heterocycles.